The highest BCUT2D eigenvalue weighted by Crippen LogP contribution is 2.22. The van der Waals surface area contributed by atoms with Crippen LogP contribution in [-0.2, 0) is 0 Å². The zero-order chi connectivity index (χ0) is 10.5. The van der Waals surface area contributed by atoms with Crippen LogP contribution in [0.4, 0.5) is 0 Å². The van der Waals surface area contributed by atoms with Crippen molar-refractivity contribution in [2.75, 3.05) is 7.05 Å². The van der Waals surface area contributed by atoms with Gasteiger partial charge in [0.05, 0.1) is 0 Å². The van der Waals surface area contributed by atoms with Crippen molar-refractivity contribution in [3.05, 3.63) is 0 Å². The van der Waals surface area contributed by atoms with Gasteiger partial charge in [0, 0.05) is 19.1 Å². The van der Waals surface area contributed by atoms with Gasteiger partial charge in [-0.1, -0.05) is 38.5 Å². The zero-order valence-corrected chi connectivity index (χ0v) is 10.2. The van der Waals surface area contributed by atoms with Crippen LogP contribution < -0.4 is 5.43 Å². The van der Waals surface area contributed by atoms with Gasteiger partial charge in [-0.15, -0.1) is 0 Å². The van der Waals surface area contributed by atoms with Gasteiger partial charge < -0.3 is 0 Å². The second-order valence-electron chi connectivity index (χ2n) is 5.37. The summed E-state index contributed by atoms with van der Waals surface area (Å²) in [5.41, 5.74) is 3.72. The molecule has 0 bridgehead atoms. The van der Waals surface area contributed by atoms with E-state index in [1.807, 2.05) is 0 Å². The Balaban J connectivity index is 1.72. The molecular formula is C13H26N2. The van der Waals surface area contributed by atoms with E-state index < -0.39 is 0 Å². The highest BCUT2D eigenvalue weighted by Gasteiger charge is 2.21. The van der Waals surface area contributed by atoms with Gasteiger partial charge in [0.15, 0.2) is 0 Å². The molecule has 0 radical (unpaired) electrons. The summed E-state index contributed by atoms with van der Waals surface area (Å²) in [6.07, 6.45) is 14.2. The first-order valence-corrected chi connectivity index (χ1v) is 6.85. The Bertz CT molecular complexity index is 169. The fraction of sp³-hybridized carbons (Fsp3) is 1.00. The number of hydrazine groups is 1. The highest BCUT2D eigenvalue weighted by atomic mass is 15.5. The van der Waals surface area contributed by atoms with Gasteiger partial charge >= 0.3 is 0 Å². The van der Waals surface area contributed by atoms with Crippen LogP contribution in [0.2, 0.25) is 0 Å². The van der Waals surface area contributed by atoms with E-state index in [9.17, 15) is 0 Å². The van der Waals surface area contributed by atoms with E-state index in [2.05, 4.69) is 17.5 Å². The summed E-state index contributed by atoms with van der Waals surface area (Å²) in [5.74, 6) is 0. The Hall–Kier alpha value is -0.0800. The first-order chi connectivity index (χ1) is 7.36. The normalized spacial score (nSPS) is 26.0. The molecule has 0 aromatic rings. The monoisotopic (exact) mass is 210 g/mol. The summed E-state index contributed by atoms with van der Waals surface area (Å²) < 4.78 is 0. The van der Waals surface area contributed by atoms with Gasteiger partial charge in [-0.05, 0) is 25.7 Å². The van der Waals surface area contributed by atoms with Crippen LogP contribution in [0.3, 0.4) is 0 Å². The molecule has 2 heteroatoms. The van der Waals surface area contributed by atoms with Crippen molar-refractivity contribution < 1.29 is 0 Å². The Kier molecular flexibility index (Phi) is 4.45. The van der Waals surface area contributed by atoms with Crippen LogP contribution in [-0.4, -0.2) is 24.1 Å². The Labute approximate surface area is 94.4 Å². The number of nitrogens with one attached hydrogen (secondary N) is 1. The average molecular weight is 210 g/mol. The van der Waals surface area contributed by atoms with Crippen molar-refractivity contribution >= 4 is 0 Å². The van der Waals surface area contributed by atoms with Crippen LogP contribution >= 0.6 is 0 Å². The number of hydrogen-bond donors (Lipinski definition) is 1. The van der Waals surface area contributed by atoms with Gasteiger partial charge in [0.1, 0.15) is 0 Å². The van der Waals surface area contributed by atoms with E-state index in [-0.39, 0.29) is 0 Å². The molecule has 15 heavy (non-hydrogen) atoms. The van der Waals surface area contributed by atoms with E-state index in [4.69, 9.17) is 0 Å². The molecular weight excluding hydrogens is 184 g/mol. The lowest BCUT2D eigenvalue weighted by Gasteiger charge is -2.35. The van der Waals surface area contributed by atoms with Crippen LogP contribution in [0, 0.1) is 0 Å². The maximum absolute atomic E-state index is 3.72. The fourth-order valence-corrected chi connectivity index (χ4v) is 3.09. The summed E-state index contributed by atoms with van der Waals surface area (Å²) in [7, 11) is 2.25. The van der Waals surface area contributed by atoms with Crippen molar-refractivity contribution in [2.24, 2.45) is 0 Å². The SMILES string of the molecule is CN(NC1CCCCC1)C1CCCCC1. The minimum Gasteiger partial charge on any atom is -0.252 e. The average Bonchev–Trinajstić information content (AvgIpc) is 2.31. The van der Waals surface area contributed by atoms with Crippen molar-refractivity contribution in [1.29, 1.82) is 0 Å². The summed E-state index contributed by atoms with van der Waals surface area (Å²) in [5, 5.41) is 2.43. The van der Waals surface area contributed by atoms with Crippen LogP contribution in [0.5, 0.6) is 0 Å². The molecule has 88 valence electrons. The van der Waals surface area contributed by atoms with E-state index in [0.29, 0.717) is 0 Å². The first-order valence-electron chi connectivity index (χ1n) is 6.85. The molecule has 0 saturated heterocycles. The molecule has 0 aliphatic heterocycles. The molecule has 2 fully saturated rings. The molecule has 2 rings (SSSR count). The summed E-state index contributed by atoms with van der Waals surface area (Å²) >= 11 is 0. The third kappa shape index (κ3) is 3.46. The molecule has 0 atom stereocenters. The van der Waals surface area contributed by atoms with Gasteiger partial charge in [-0.3, -0.25) is 5.43 Å². The minimum absolute atomic E-state index is 0.769. The molecule has 1 N–H and O–H groups in total. The van der Waals surface area contributed by atoms with Gasteiger partial charge in [0.2, 0.25) is 0 Å². The molecule has 2 saturated carbocycles. The van der Waals surface area contributed by atoms with Crippen molar-refractivity contribution in [3.8, 4) is 0 Å². The number of nitrogens with zero attached hydrogens (tertiary/aromatic N) is 1. The van der Waals surface area contributed by atoms with E-state index in [0.717, 1.165) is 12.1 Å². The lowest BCUT2D eigenvalue weighted by molar-refractivity contribution is 0.0956. The molecule has 0 amide bonds. The third-order valence-electron chi connectivity index (χ3n) is 4.11. The number of hydrogen-bond acceptors (Lipinski definition) is 2. The second kappa shape index (κ2) is 5.86. The topological polar surface area (TPSA) is 15.3 Å². The van der Waals surface area contributed by atoms with Crippen molar-refractivity contribution in [2.45, 2.75) is 76.3 Å². The first kappa shape index (κ1) is 11.4. The van der Waals surface area contributed by atoms with Crippen LogP contribution in [0.25, 0.3) is 0 Å². The predicted octanol–water partition coefficient (Wildman–Crippen LogP) is 3.09. The molecule has 2 aliphatic rings. The molecule has 2 aliphatic carbocycles. The van der Waals surface area contributed by atoms with Gasteiger partial charge in [-0.25, -0.2) is 5.01 Å². The summed E-state index contributed by atoms with van der Waals surface area (Å²) in [6.45, 7) is 0. The smallest absolute Gasteiger partial charge is 0.0240 e. The van der Waals surface area contributed by atoms with Gasteiger partial charge in [0.25, 0.3) is 0 Å². The van der Waals surface area contributed by atoms with Crippen molar-refractivity contribution in [3.63, 3.8) is 0 Å². The second-order valence-corrected chi connectivity index (χ2v) is 5.37. The minimum atomic E-state index is 0.769. The largest absolute Gasteiger partial charge is 0.252 e. The summed E-state index contributed by atoms with van der Waals surface area (Å²) in [4.78, 5) is 0. The maximum Gasteiger partial charge on any atom is 0.0240 e. The fourth-order valence-electron chi connectivity index (χ4n) is 3.09. The lowest BCUT2D eigenvalue weighted by Crippen LogP contribution is -2.49. The highest BCUT2D eigenvalue weighted by molar-refractivity contribution is 4.75. The molecule has 0 unspecified atom stereocenters. The standard InChI is InChI=1S/C13H26N2/c1-15(13-10-6-3-7-11-13)14-12-8-4-2-5-9-12/h12-14H,2-11H2,1H3. The maximum atomic E-state index is 3.72. The molecule has 2 nitrogen and oxygen atoms in total. The molecule has 0 aromatic carbocycles. The van der Waals surface area contributed by atoms with Crippen LogP contribution in [0.15, 0.2) is 0 Å². The molecule has 0 spiro atoms. The quantitative estimate of drug-likeness (QED) is 0.720. The molecule has 0 heterocycles. The van der Waals surface area contributed by atoms with E-state index in [1.54, 1.807) is 0 Å². The number of rotatable bonds is 3. The Morgan fingerprint density at radius 2 is 1.33 bits per heavy atom. The van der Waals surface area contributed by atoms with Gasteiger partial charge in [-0.2, -0.15) is 0 Å². The molecule has 0 aromatic heterocycles. The van der Waals surface area contributed by atoms with E-state index in [1.165, 1.54) is 64.2 Å². The zero-order valence-electron chi connectivity index (χ0n) is 10.2. The third-order valence-corrected chi connectivity index (χ3v) is 4.11. The van der Waals surface area contributed by atoms with Crippen molar-refractivity contribution in [1.82, 2.24) is 10.4 Å². The predicted molar refractivity (Wildman–Crippen MR) is 64.6 cm³/mol. The Morgan fingerprint density at radius 1 is 0.800 bits per heavy atom. The summed E-state index contributed by atoms with van der Waals surface area (Å²) in [6, 6.07) is 1.58. The van der Waals surface area contributed by atoms with E-state index >= 15 is 0 Å². The Morgan fingerprint density at radius 3 is 1.93 bits per heavy atom. The lowest BCUT2D eigenvalue weighted by atomic mass is 9.94. The van der Waals surface area contributed by atoms with Crippen LogP contribution in [0.1, 0.15) is 64.2 Å².